The van der Waals surface area contributed by atoms with Crippen molar-refractivity contribution in [3.8, 4) is 0 Å². The predicted octanol–water partition coefficient (Wildman–Crippen LogP) is 5.67. The smallest absolute Gasteiger partial charge is 0.114 e. The van der Waals surface area contributed by atoms with Gasteiger partial charge in [-0.15, -0.1) is 0 Å². The van der Waals surface area contributed by atoms with Crippen LogP contribution in [0.15, 0.2) is 24.3 Å². The van der Waals surface area contributed by atoms with Crippen LogP contribution in [0.25, 0.3) is 0 Å². The highest BCUT2D eigenvalue weighted by atomic mass is 35.5. The molecule has 1 aromatic carbocycles. The Bertz CT molecular complexity index is 435. The Morgan fingerprint density at radius 1 is 1.09 bits per heavy atom. The van der Waals surface area contributed by atoms with Crippen LogP contribution in [0.3, 0.4) is 0 Å². The van der Waals surface area contributed by atoms with Crippen molar-refractivity contribution >= 4 is 11.6 Å². The highest BCUT2D eigenvalue weighted by Crippen LogP contribution is 2.37. The first-order valence-electron chi connectivity index (χ1n) is 8.81. The van der Waals surface area contributed by atoms with Crippen molar-refractivity contribution in [2.75, 3.05) is 0 Å². The second-order valence-corrected chi connectivity index (χ2v) is 6.84. The molecule has 0 radical (unpaired) electrons. The van der Waals surface area contributed by atoms with Crippen molar-refractivity contribution in [2.24, 2.45) is 0 Å². The Morgan fingerprint density at radius 2 is 1.77 bits per heavy atom. The Labute approximate surface area is 139 Å². The van der Waals surface area contributed by atoms with Gasteiger partial charge in [0.2, 0.25) is 0 Å². The number of hydrogen-bond donors (Lipinski definition) is 1. The van der Waals surface area contributed by atoms with E-state index in [9.17, 15) is 5.11 Å². The number of aliphatic hydroxyl groups is 1. The summed E-state index contributed by atoms with van der Waals surface area (Å²) >= 11 is 5.96. The van der Waals surface area contributed by atoms with Crippen molar-refractivity contribution in [2.45, 2.75) is 83.0 Å². The summed E-state index contributed by atoms with van der Waals surface area (Å²) in [7, 11) is 0. The van der Waals surface area contributed by atoms with Gasteiger partial charge in [-0.05, 0) is 24.1 Å². The van der Waals surface area contributed by atoms with Gasteiger partial charge in [-0.3, -0.25) is 0 Å². The van der Waals surface area contributed by atoms with Crippen molar-refractivity contribution < 1.29 is 9.84 Å². The summed E-state index contributed by atoms with van der Waals surface area (Å²) < 4.78 is 5.64. The minimum absolute atomic E-state index is 0.0389. The molecule has 0 aliphatic carbocycles. The molecule has 1 saturated heterocycles. The van der Waals surface area contributed by atoms with Gasteiger partial charge in [0.25, 0.3) is 0 Å². The van der Waals surface area contributed by atoms with Gasteiger partial charge >= 0.3 is 0 Å². The normalized spacial score (nSPS) is 21.8. The largest absolute Gasteiger partial charge is 0.386 e. The number of hydrogen-bond acceptors (Lipinski definition) is 2. The molecule has 3 atom stereocenters. The molecule has 1 aliphatic rings. The number of benzene rings is 1. The molecule has 1 heterocycles. The number of aliphatic hydroxyl groups excluding tert-OH is 1. The third-order valence-electron chi connectivity index (χ3n) is 4.47. The molecular formula is C19H29ClO2. The SMILES string of the molecule is CCCCCCCCCC[C@@H]1O[C@H]1C(O)c1cccc(Cl)c1. The van der Waals surface area contributed by atoms with E-state index in [1.807, 2.05) is 24.3 Å². The minimum Gasteiger partial charge on any atom is -0.386 e. The first-order valence-corrected chi connectivity index (χ1v) is 9.19. The standard InChI is InChI=1S/C19H29ClO2/c1-2-3-4-5-6-7-8-9-13-17-19(22-17)18(21)15-11-10-12-16(20)14-15/h10-12,14,17-19,21H,2-9,13H2,1H3/t17-,18?,19+/m0/s1. The fraction of sp³-hybridized carbons (Fsp3) is 0.684. The van der Waals surface area contributed by atoms with E-state index in [2.05, 4.69) is 6.92 Å². The van der Waals surface area contributed by atoms with Crippen LogP contribution in [0.2, 0.25) is 5.02 Å². The van der Waals surface area contributed by atoms with E-state index in [1.165, 1.54) is 51.4 Å². The lowest BCUT2D eigenvalue weighted by molar-refractivity contribution is 0.137. The molecule has 2 nitrogen and oxygen atoms in total. The zero-order chi connectivity index (χ0) is 15.8. The van der Waals surface area contributed by atoms with Crippen molar-refractivity contribution in [1.82, 2.24) is 0 Å². The third-order valence-corrected chi connectivity index (χ3v) is 4.70. The number of unbranched alkanes of at least 4 members (excludes halogenated alkanes) is 7. The van der Waals surface area contributed by atoms with Gasteiger partial charge in [-0.2, -0.15) is 0 Å². The summed E-state index contributed by atoms with van der Waals surface area (Å²) in [5.41, 5.74) is 0.857. The van der Waals surface area contributed by atoms with Crippen LogP contribution in [0.1, 0.15) is 76.4 Å². The maximum absolute atomic E-state index is 10.3. The number of epoxide rings is 1. The molecule has 2 rings (SSSR count). The zero-order valence-electron chi connectivity index (χ0n) is 13.6. The summed E-state index contributed by atoms with van der Waals surface area (Å²) in [6.45, 7) is 2.25. The molecule has 3 heteroatoms. The van der Waals surface area contributed by atoms with E-state index in [-0.39, 0.29) is 12.2 Å². The lowest BCUT2D eigenvalue weighted by atomic mass is 10.0. The summed E-state index contributed by atoms with van der Waals surface area (Å²) in [6, 6.07) is 7.42. The highest BCUT2D eigenvalue weighted by Gasteiger charge is 2.44. The van der Waals surface area contributed by atoms with E-state index in [0.29, 0.717) is 5.02 Å². The van der Waals surface area contributed by atoms with Crippen LogP contribution in [-0.2, 0) is 4.74 Å². The van der Waals surface area contributed by atoms with E-state index >= 15 is 0 Å². The monoisotopic (exact) mass is 324 g/mol. The molecule has 0 saturated carbocycles. The van der Waals surface area contributed by atoms with Crippen molar-refractivity contribution in [3.05, 3.63) is 34.9 Å². The Balaban J connectivity index is 1.55. The van der Waals surface area contributed by atoms with E-state index in [0.717, 1.165) is 12.0 Å². The summed E-state index contributed by atoms with van der Waals surface area (Å²) in [5.74, 6) is 0. The first-order chi connectivity index (χ1) is 10.7. The predicted molar refractivity (Wildman–Crippen MR) is 92.3 cm³/mol. The average Bonchev–Trinajstić information content (AvgIpc) is 3.29. The maximum Gasteiger partial charge on any atom is 0.114 e. The van der Waals surface area contributed by atoms with Crippen LogP contribution in [-0.4, -0.2) is 17.3 Å². The fourth-order valence-corrected chi connectivity index (χ4v) is 3.22. The summed E-state index contributed by atoms with van der Waals surface area (Å²) in [4.78, 5) is 0. The van der Waals surface area contributed by atoms with E-state index in [1.54, 1.807) is 0 Å². The molecule has 1 aliphatic heterocycles. The van der Waals surface area contributed by atoms with Gasteiger partial charge in [0.1, 0.15) is 12.2 Å². The quantitative estimate of drug-likeness (QED) is 0.420. The lowest BCUT2D eigenvalue weighted by Gasteiger charge is -2.08. The molecule has 0 spiro atoms. The topological polar surface area (TPSA) is 32.8 Å². The Hall–Kier alpha value is -0.570. The van der Waals surface area contributed by atoms with E-state index < -0.39 is 6.10 Å². The van der Waals surface area contributed by atoms with Crippen molar-refractivity contribution in [1.29, 1.82) is 0 Å². The molecule has 0 aromatic heterocycles. The molecule has 0 bridgehead atoms. The molecule has 1 aromatic rings. The summed E-state index contributed by atoms with van der Waals surface area (Å²) in [6.07, 6.45) is 11.3. The van der Waals surface area contributed by atoms with Crippen LogP contribution >= 0.6 is 11.6 Å². The number of halogens is 1. The highest BCUT2D eigenvalue weighted by molar-refractivity contribution is 6.30. The molecule has 0 amide bonds. The number of rotatable bonds is 11. The molecule has 1 fully saturated rings. The van der Waals surface area contributed by atoms with Gasteiger partial charge in [-0.1, -0.05) is 82.0 Å². The van der Waals surface area contributed by atoms with Gasteiger partial charge in [0.05, 0.1) is 6.10 Å². The zero-order valence-corrected chi connectivity index (χ0v) is 14.4. The van der Waals surface area contributed by atoms with Gasteiger partial charge in [0, 0.05) is 5.02 Å². The van der Waals surface area contributed by atoms with Crippen LogP contribution in [0.5, 0.6) is 0 Å². The first kappa shape index (κ1) is 17.8. The average molecular weight is 325 g/mol. The number of ether oxygens (including phenoxy) is 1. The molecule has 1 N–H and O–H groups in total. The minimum atomic E-state index is -0.544. The molecule has 1 unspecified atom stereocenters. The molecular weight excluding hydrogens is 296 g/mol. The van der Waals surface area contributed by atoms with Gasteiger partial charge in [0.15, 0.2) is 0 Å². The van der Waals surface area contributed by atoms with Gasteiger partial charge < -0.3 is 9.84 Å². The summed E-state index contributed by atoms with van der Waals surface area (Å²) in [5, 5.41) is 11.0. The second kappa shape index (κ2) is 9.54. The molecule has 124 valence electrons. The van der Waals surface area contributed by atoms with Crippen LogP contribution in [0, 0.1) is 0 Å². The van der Waals surface area contributed by atoms with Gasteiger partial charge in [-0.25, -0.2) is 0 Å². The molecule has 22 heavy (non-hydrogen) atoms. The van der Waals surface area contributed by atoms with E-state index in [4.69, 9.17) is 16.3 Å². The van der Waals surface area contributed by atoms with Crippen LogP contribution < -0.4 is 0 Å². The Kier molecular flexibility index (Phi) is 7.71. The fourth-order valence-electron chi connectivity index (χ4n) is 3.03. The lowest BCUT2D eigenvalue weighted by Crippen LogP contribution is -2.08. The van der Waals surface area contributed by atoms with Crippen LogP contribution in [0.4, 0.5) is 0 Å². The maximum atomic E-state index is 10.3. The van der Waals surface area contributed by atoms with Crippen molar-refractivity contribution in [3.63, 3.8) is 0 Å². The second-order valence-electron chi connectivity index (χ2n) is 6.40. The third kappa shape index (κ3) is 5.91. The Morgan fingerprint density at radius 3 is 2.45 bits per heavy atom.